The van der Waals surface area contributed by atoms with Crippen LogP contribution in [0, 0.1) is 0 Å². The zero-order valence-corrected chi connectivity index (χ0v) is 29.9. The van der Waals surface area contributed by atoms with Crippen LogP contribution in [0.5, 0.6) is 5.75 Å². The predicted octanol–water partition coefficient (Wildman–Crippen LogP) is 6.41. The summed E-state index contributed by atoms with van der Waals surface area (Å²) >= 11 is 0. The second kappa shape index (κ2) is 16.1. The van der Waals surface area contributed by atoms with Crippen LogP contribution in [0.4, 0.5) is 10.5 Å². The Morgan fingerprint density at radius 1 is 0.944 bits per heavy atom. The van der Waals surface area contributed by atoms with Crippen molar-refractivity contribution < 1.29 is 24.5 Å². The number of amides is 1. The second-order valence-electron chi connectivity index (χ2n) is 14.1. The third-order valence-electron chi connectivity index (χ3n) is 10.5. The van der Waals surface area contributed by atoms with Crippen LogP contribution in [0.3, 0.4) is 0 Å². The van der Waals surface area contributed by atoms with Gasteiger partial charge in [0.1, 0.15) is 5.75 Å². The summed E-state index contributed by atoms with van der Waals surface area (Å²) in [6, 6.07) is 27.5. The Bertz CT molecular complexity index is 2380. The molecule has 0 radical (unpaired) electrons. The summed E-state index contributed by atoms with van der Waals surface area (Å²) in [4.78, 5) is 41.4. The summed E-state index contributed by atoms with van der Waals surface area (Å²) in [6.07, 6.45) is 3.53. The topological polar surface area (TPSA) is 187 Å². The number of aryl methyl sites for hydroxylation is 2. The number of pyridine rings is 1. The highest BCUT2D eigenvalue weighted by atomic mass is 16.4. The number of hydrogen-bond donors (Lipinski definition) is 6. The van der Waals surface area contributed by atoms with E-state index in [2.05, 4.69) is 16.4 Å². The fourth-order valence-corrected chi connectivity index (χ4v) is 7.66. The first-order valence-electron chi connectivity index (χ1n) is 18.5. The maximum Gasteiger partial charge on any atom is 0.419 e. The van der Waals surface area contributed by atoms with Crippen molar-refractivity contribution in [3.63, 3.8) is 0 Å². The van der Waals surface area contributed by atoms with E-state index in [-0.39, 0.29) is 35.5 Å². The lowest BCUT2D eigenvalue weighted by molar-refractivity contribution is 0.176. The van der Waals surface area contributed by atoms with E-state index in [0.29, 0.717) is 40.8 Å². The van der Waals surface area contributed by atoms with Crippen LogP contribution in [0.15, 0.2) is 105 Å². The number of aliphatic hydroxyl groups is 1. The number of phenolic OH excluding ortho intramolecular Hbond substituents is 1. The van der Waals surface area contributed by atoms with Crippen molar-refractivity contribution in [3.05, 3.63) is 129 Å². The van der Waals surface area contributed by atoms with Gasteiger partial charge in [-0.1, -0.05) is 48.5 Å². The number of benzene rings is 4. The third-order valence-corrected chi connectivity index (χ3v) is 10.5. The first kappa shape index (κ1) is 36.7. The molecule has 54 heavy (non-hydrogen) atoms. The van der Waals surface area contributed by atoms with Gasteiger partial charge in [-0.05, 0) is 104 Å². The molecular weight excluding hydrogens is 686 g/mol. The van der Waals surface area contributed by atoms with E-state index in [0.717, 1.165) is 67.2 Å². The number of aromatic nitrogens is 2. The number of aliphatic hydroxyl groups excluding tert-OH is 1. The molecule has 0 aliphatic heterocycles. The Hall–Kier alpha value is -5.69. The largest absolute Gasteiger partial charge is 0.506 e. The molecule has 1 aliphatic rings. The fourth-order valence-electron chi connectivity index (χ4n) is 7.66. The van der Waals surface area contributed by atoms with Crippen LogP contribution >= 0.6 is 0 Å². The normalized spacial score (nSPS) is 16.5. The molecule has 280 valence electrons. The number of anilines is 1. The predicted molar refractivity (Wildman–Crippen MR) is 209 cm³/mol. The molecule has 2 aromatic heterocycles. The van der Waals surface area contributed by atoms with Crippen molar-refractivity contribution in [2.75, 3.05) is 11.4 Å². The molecule has 1 amide bonds. The average molecular weight is 732 g/mol. The van der Waals surface area contributed by atoms with E-state index in [1.165, 1.54) is 17.0 Å². The van der Waals surface area contributed by atoms with Gasteiger partial charge in [0.25, 0.3) is 0 Å². The van der Waals surface area contributed by atoms with E-state index in [9.17, 15) is 29.7 Å². The number of aromatic amines is 1. The minimum Gasteiger partial charge on any atom is -0.506 e. The SMILES string of the molecule is NC1CCC(N(C(=O)O)c2ccc(CCCCn3c(=O)oc4cc(CNC[C@@H](O)c5ccc(O)c6[nH]c(=O)ccc56)ccc43)cc2-c2ccccc2)CC1. The summed E-state index contributed by atoms with van der Waals surface area (Å²) in [5, 5.41) is 35.2. The van der Waals surface area contributed by atoms with Gasteiger partial charge in [-0.15, -0.1) is 0 Å². The van der Waals surface area contributed by atoms with E-state index in [4.69, 9.17) is 10.2 Å². The number of carboxylic acid groups (broad SMARTS) is 1. The van der Waals surface area contributed by atoms with Gasteiger partial charge in [0.2, 0.25) is 5.56 Å². The molecule has 12 nitrogen and oxygen atoms in total. The van der Waals surface area contributed by atoms with Crippen molar-refractivity contribution in [3.8, 4) is 16.9 Å². The van der Waals surface area contributed by atoms with Gasteiger partial charge in [0.15, 0.2) is 5.58 Å². The Balaban J connectivity index is 0.980. The van der Waals surface area contributed by atoms with Crippen molar-refractivity contribution in [1.29, 1.82) is 0 Å². The van der Waals surface area contributed by atoms with Gasteiger partial charge >= 0.3 is 11.8 Å². The van der Waals surface area contributed by atoms with Crippen LogP contribution in [0.1, 0.15) is 61.3 Å². The lowest BCUT2D eigenvalue weighted by Gasteiger charge is -2.35. The molecule has 0 bridgehead atoms. The number of nitrogens with zero attached hydrogens (tertiary/aromatic N) is 2. The molecular formula is C42H45N5O7. The Kier molecular flexibility index (Phi) is 11.0. The van der Waals surface area contributed by atoms with Crippen molar-refractivity contribution >= 4 is 33.8 Å². The number of aromatic hydroxyl groups is 1. The summed E-state index contributed by atoms with van der Waals surface area (Å²) in [5.41, 5.74) is 12.3. The molecule has 0 saturated heterocycles. The number of rotatable bonds is 13. The minimum absolute atomic E-state index is 0.0668. The molecule has 1 fully saturated rings. The number of H-pyrrole nitrogens is 1. The molecule has 1 saturated carbocycles. The number of fused-ring (bicyclic) bond motifs is 2. The van der Waals surface area contributed by atoms with Crippen LogP contribution in [0.2, 0.25) is 0 Å². The fraction of sp³-hybridized carbons (Fsp3) is 0.310. The number of oxazole rings is 1. The molecule has 1 atom stereocenters. The van der Waals surface area contributed by atoms with Gasteiger partial charge < -0.3 is 35.8 Å². The lowest BCUT2D eigenvalue weighted by atomic mass is 9.89. The number of nitrogens with two attached hydrogens (primary N) is 1. The molecule has 6 aromatic rings. The van der Waals surface area contributed by atoms with Gasteiger partial charge in [-0.3, -0.25) is 14.3 Å². The maximum absolute atomic E-state index is 12.9. The average Bonchev–Trinajstić information content (AvgIpc) is 3.48. The van der Waals surface area contributed by atoms with Crippen molar-refractivity contribution in [1.82, 2.24) is 14.9 Å². The zero-order valence-electron chi connectivity index (χ0n) is 29.9. The summed E-state index contributed by atoms with van der Waals surface area (Å²) in [6.45, 7) is 1.12. The molecule has 2 heterocycles. The Labute approximate surface area is 311 Å². The second-order valence-corrected chi connectivity index (χ2v) is 14.1. The van der Waals surface area contributed by atoms with Crippen LogP contribution in [0.25, 0.3) is 33.1 Å². The molecule has 7 rings (SSSR count). The first-order valence-corrected chi connectivity index (χ1v) is 18.5. The van der Waals surface area contributed by atoms with E-state index in [1.807, 2.05) is 60.7 Å². The van der Waals surface area contributed by atoms with Crippen LogP contribution < -0.4 is 27.3 Å². The Morgan fingerprint density at radius 2 is 1.72 bits per heavy atom. The smallest absolute Gasteiger partial charge is 0.419 e. The number of carbonyl (C=O) groups is 1. The third kappa shape index (κ3) is 7.96. The highest BCUT2D eigenvalue weighted by molar-refractivity contribution is 5.93. The van der Waals surface area contributed by atoms with Gasteiger partial charge in [0.05, 0.1) is 22.8 Å². The van der Waals surface area contributed by atoms with Crippen molar-refractivity contribution in [2.45, 2.75) is 76.2 Å². The molecule has 4 aromatic carbocycles. The highest BCUT2D eigenvalue weighted by Crippen LogP contribution is 2.36. The minimum atomic E-state index is -0.958. The molecule has 12 heteroatoms. The lowest BCUT2D eigenvalue weighted by Crippen LogP contribution is -2.44. The number of nitrogens with one attached hydrogen (secondary N) is 2. The van der Waals surface area contributed by atoms with E-state index < -0.39 is 18.0 Å². The molecule has 7 N–H and O–H groups in total. The summed E-state index contributed by atoms with van der Waals surface area (Å²) in [5.74, 6) is -0.487. The van der Waals surface area contributed by atoms with Crippen LogP contribution in [-0.4, -0.2) is 49.6 Å². The maximum atomic E-state index is 12.9. The van der Waals surface area contributed by atoms with Crippen LogP contribution in [-0.2, 0) is 19.5 Å². The standard InChI is InChI=1S/C42H45N5O7/c43-29-11-13-30(14-12-29)47(41(51)52)34-17-9-26(22-33(34)28-7-2-1-3-8-28)6-4-5-21-46-35-18-10-27(23-38(35)54-42(46)53)24-44-25-37(49)31-15-19-36(48)40-32(31)16-20-39(50)45-40/h1-3,7-10,15-20,22-23,29-30,37,44,48-49H,4-6,11-14,21,24-25,43H2,(H,45,50)(H,51,52)/t29?,30?,37-/m1/s1. The summed E-state index contributed by atoms with van der Waals surface area (Å²) < 4.78 is 7.26. The summed E-state index contributed by atoms with van der Waals surface area (Å²) in [7, 11) is 0. The monoisotopic (exact) mass is 731 g/mol. The first-order chi connectivity index (χ1) is 26.2. The number of phenols is 1. The zero-order chi connectivity index (χ0) is 37.8. The molecule has 0 unspecified atom stereocenters. The molecule has 1 aliphatic carbocycles. The van der Waals surface area contributed by atoms with Gasteiger partial charge in [-0.2, -0.15) is 0 Å². The van der Waals surface area contributed by atoms with E-state index >= 15 is 0 Å². The number of hydrogen-bond acceptors (Lipinski definition) is 8. The highest BCUT2D eigenvalue weighted by Gasteiger charge is 2.30. The van der Waals surface area contributed by atoms with E-state index in [1.54, 1.807) is 16.7 Å². The van der Waals surface area contributed by atoms with Crippen molar-refractivity contribution in [2.24, 2.45) is 5.73 Å². The van der Waals surface area contributed by atoms with Gasteiger partial charge in [-0.25, -0.2) is 9.59 Å². The Morgan fingerprint density at radius 3 is 2.50 bits per heavy atom. The van der Waals surface area contributed by atoms with Gasteiger partial charge in [0, 0.05) is 48.7 Å². The number of unbranched alkanes of at least 4 members (excludes halogenated alkanes) is 1. The quantitative estimate of drug-likeness (QED) is 0.0730. The molecule has 0 spiro atoms.